The average molecular weight is 208 g/mol. The van der Waals surface area contributed by atoms with Gasteiger partial charge in [-0.15, -0.1) is 0 Å². The van der Waals surface area contributed by atoms with E-state index in [0.717, 1.165) is 5.56 Å². The summed E-state index contributed by atoms with van der Waals surface area (Å²) in [4.78, 5) is 3.56. The molecule has 0 N–H and O–H groups in total. The smallest absolute Gasteiger partial charge is 0.220 e. The van der Waals surface area contributed by atoms with E-state index in [1.165, 1.54) is 6.20 Å². The highest BCUT2D eigenvalue weighted by Gasteiger charge is 2.05. The van der Waals surface area contributed by atoms with Crippen LogP contribution in [-0.2, 0) is 0 Å². The Hall–Kier alpha value is -1.41. The van der Waals surface area contributed by atoms with Crippen LogP contribution in [0.1, 0.15) is 0 Å². The Morgan fingerprint density at radius 1 is 1.14 bits per heavy atom. The topological polar surface area (TPSA) is 12.9 Å². The van der Waals surface area contributed by atoms with Crippen LogP contribution >= 0.6 is 11.6 Å². The lowest BCUT2D eigenvalue weighted by Crippen LogP contribution is -1.87. The van der Waals surface area contributed by atoms with Gasteiger partial charge in [0.25, 0.3) is 0 Å². The van der Waals surface area contributed by atoms with E-state index in [-0.39, 0.29) is 0 Å². The number of halogens is 2. The number of nitrogens with zero attached hydrogens (tertiary/aromatic N) is 1. The van der Waals surface area contributed by atoms with Gasteiger partial charge in [0.05, 0.1) is 5.02 Å². The van der Waals surface area contributed by atoms with Crippen molar-refractivity contribution in [1.29, 1.82) is 0 Å². The zero-order chi connectivity index (χ0) is 9.97. The molecule has 1 nitrogen and oxygen atoms in total. The Bertz CT molecular complexity index is 442. The van der Waals surface area contributed by atoms with Gasteiger partial charge in [0, 0.05) is 11.8 Å². The van der Waals surface area contributed by atoms with Crippen LogP contribution in [-0.4, -0.2) is 4.98 Å². The number of hydrogen-bond acceptors (Lipinski definition) is 1. The van der Waals surface area contributed by atoms with Gasteiger partial charge in [-0.3, -0.25) is 0 Å². The van der Waals surface area contributed by atoms with Crippen molar-refractivity contribution in [2.75, 3.05) is 0 Å². The number of hydrogen-bond donors (Lipinski definition) is 0. The first kappa shape index (κ1) is 9.16. The minimum Gasteiger partial charge on any atom is -0.226 e. The molecule has 0 saturated heterocycles. The summed E-state index contributed by atoms with van der Waals surface area (Å²) in [7, 11) is 0. The maximum atomic E-state index is 13.3. The van der Waals surface area contributed by atoms with Crippen molar-refractivity contribution < 1.29 is 4.39 Å². The molecular formula is C11H7ClFN. The van der Waals surface area contributed by atoms with E-state index < -0.39 is 5.95 Å². The van der Waals surface area contributed by atoms with E-state index >= 15 is 0 Å². The predicted molar refractivity (Wildman–Crippen MR) is 54.6 cm³/mol. The third-order valence-corrected chi connectivity index (χ3v) is 2.10. The maximum Gasteiger partial charge on any atom is 0.220 e. The van der Waals surface area contributed by atoms with Gasteiger partial charge in [-0.1, -0.05) is 41.9 Å². The number of rotatable bonds is 1. The SMILES string of the molecule is Fc1ncc(Cl)cc1-c1ccccc1. The second-order valence-corrected chi connectivity index (χ2v) is 3.29. The highest BCUT2D eigenvalue weighted by atomic mass is 35.5. The van der Waals surface area contributed by atoms with E-state index in [0.29, 0.717) is 10.6 Å². The minimum atomic E-state index is -0.499. The van der Waals surface area contributed by atoms with Crippen LogP contribution in [0.4, 0.5) is 4.39 Å². The van der Waals surface area contributed by atoms with Crippen LogP contribution in [0.25, 0.3) is 11.1 Å². The summed E-state index contributed by atoms with van der Waals surface area (Å²) in [6.07, 6.45) is 1.29. The van der Waals surface area contributed by atoms with E-state index in [9.17, 15) is 4.39 Å². The molecule has 2 rings (SSSR count). The van der Waals surface area contributed by atoms with Crippen molar-refractivity contribution in [2.24, 2.45) is 0 Å². The van der Waals surface area contributed by atoms with Crippen LogP contribution < -0.4 is 0 Å². The Morgan fingerprint density at radius 3 is 2.57 bits per heavy atom. The summed E-state index contributed by atoms with van der Waals surface area (Å²) in [5.74, 6) is -0.499. The molecule has 3 heteroatoms. The molecule has 14 heavy (non-hydrogen) atoms. The number of aromatic nitrogens is 1. The van der Waals surface area contributed by atoms with Crippen LogP contribution in [0, 0.1) is 5.95 Å². The lowest BCUT2D eigenvalue weighted by Gasteiger charge is -2.02. The largest absolute Gasteiger partial charge is 0.226 e. The molecule has 1 aromatic carbocycles. The third kappa shape index (κ3) is 1.75. The van der Waals surface area contributed by atoms with Crippen LogP contribution in [0.15, 0.2) is 42.6 Å². The molecule has 1 heterocycles. The van der Waals surface area contributed by atoms with Gasteiger partial charge in [-0.05, 0) is 11.6 Å². The van der Waals surface area contributed by atoms with E-state index in [2.05, 4.69) is 4.98 Å². The molecule has 70 valence electrons. The molecular weight excluding hydrogens is 201 g/mol. The summed E-state index contributed by atoms with van der Waals surface area (Å²) >= 11 is 5.74. The van der Waals surface area contributed by atoms with Crippen molar-refractivity contribution in [1.82, 2.24) is 4.98 Å². The fourth-order valence-corrected chi connectivity index (χ4v) is 1.40. The van der Waals surface area contributed by atoms with Crippen molar-refractivity contribution in [2.45, 2.75) is 0 Å². The number of benzene rings is 1. The first-order valence-corrected chi connectivity index (χ1v) is 4.51. The molecule has 2 aromatic rings. The lowest BCUT2D eigenvalue weighted by molar-refractivity contribution is 0.587. The lowest BCUT2D eigenvalue weighted by atomic mass is 10.1. The minimum absolute atomic E-state index is 0.429. The van der Waals surface area contributed by atoms with Gasteiger partial charge in [0.15, 0.2) is 0 Å². The fourth-order valence-electron chi connectivity index (χ4n) is 1.24. The van der Waals surface area contributed by atoms with Crippen molar-refractivity contribution in [3.05, 3.63) is 53.6 Å². The molecule has 0 aliphatic heterocycles. The summed E-state index contributed by atoms with van der Waals surface area (Å²) in [5.41, 5.74) is 1.21. The molecule has 0 amide bonds. The molecule has 1 aromatic heterocycles. The summed E-state index contributed by atoms with van der Waals surface area (Å²) in [6.45, 7) is 0. The zero-order valence-corrected chi connectivity index (χ0v) is 8.00. The maximum absolute atomic E-state index is 13.3. The quantitative estimate of drug-likeness (QED) is 0.652. The normalized spacial score (nSPS) is 10.1. The predicted octanol–water partition coefficient (Wildman–Crippen LogP) is 3.54. The highest BCUT2D eigenvalue weighted by Crippen LogP contribution is 2.23. The molecule has 0 saturated carbocycles. The molecule has 0 spiro atoms. The Balaban J connectivity index is 2.57. The fraction of sp³-hybridized carbons (Fsp3) is 0. The van der Waals surface area contributed by atoms with Gasteiger partial charge in [0.1, 0.15) is 0 Å². The molecule has 0 radical (unpaired) electrons. The van der Waals surface area contributed by atoms with Gasteiger partial charge in [-0.2, -0.15) is 4.39 Å². The van der Waals surface area contributed by atoms with E-state index in [4.69, 9.17) is 11.6 Å². The standard InChI is InChI=1S/C11H7ClFN/c12-9-6-10(11(13)14-7-9)8-4-2-1-3-5-8/h1-7H. The average Bonchev–Trinajstić information content (AvgIpc) is 2.23. The van der Waals surface area contributed by atoms with Crippen molar-refractivity contribution in [3.63, 3.8) is 0 Å². The van der Waals surface area contributed by atoms with Crippen LogP contribution in [0.2, 0.25) is 5.02 Å². The third-order valence-electron chi connectivity index (χ3n) is 1.89. The van der Waals surface area contributed by atoms with Crippen LogP contribution in [0.3, 0.4) is 0 Å². The van der Waals surface area contributed by atoms with Gasteiger partial charge >= 0.3 is 0 Å². The second-order valence-electron chi connectivity index (χ2n) is 2.86. The first-order chi connectivity index (χ1) is 6.77. The van der Waals surface area contributed by atoms with E-state index in [1.807, 2.05) is 30.3 Å². The molecule has 0 aliphatic carbocycles. The number of pyridine rings is 1. The summed E-state index contributed by atoms with van der Waals surface area (Å²) < 4.78 is 13.3. The monoisotopic (exact) mass is 207 g/mol. The second kappa shape index (κ2) is 3.76. The molecule has 0 fully saturated rings. The summed E-state index contributed by atoms with van der Waals surface area (Å²) in [6, 6.07) is 10.8. The van der Waals surface area contributed by atoms with Crippen LogP contribution in [0.5, 0.6) is 0 Å². The molecule has 0 atom stereocenters. The molecule has 0 bridgehead atoms. The Morgan fingerprint density at radius 2 is 1.86 bits per heavy atom. The van der Waals surface area contributed by atoms with Crippen molar-refractivity contribution >= 4 is 11.6 Å². The first-order valence-electron chi connectivity index (χ1n) is 4.14. The highest BCUT2D eigenvalue weighted by molar-refractivity contribution is 6.30. The zero-order valence-electron chi connectivity index (χ0n) is 7.24. The Kier molecular flexibility index (Phi) is 2.46. The van der Waals surface area contributed by atoms with Gasteiger partial charge in [-0.25, -0.2) is 4.98 Å². The Labute approximate surface area is 86.2 Å². The van der Waals surface area contributed by atoms with Crippen molar-refractivity contribution in [3.8, 4) is 11.1 Å². The van der Waals surface area contributed by atoms with E-state index in [1.54, 1.807) is 6.07 Å². The molecule has 0 aliphatic rings. The van der Waals surface area contributed by atoms with Gasteiger partial charge < -0.3 is 0 Å². The van der Waals surface area contributed by atoms with Gasteiger partial charge in [0.2, 0.25) is 5.95 Å². The summed E-state index contributed by atoms with van der Waals surface area (Å²) in [5, 5.41) is 0.435. The molecule has 0 unspecified atom stereocenters.